The third kappa shape index (κ3) is 1.73. The Bertz CT molecular complexity index is 658. The van der Waals surface area contributed by atoms with E-state index in [1.807, 2.05) is 26.0 Å². The van der Waals surface area contributed by atoms with E-state index in [-0.39, 0.29) is 29.1 Å². The number of carbonyl (C=O) groups is 2. The van der Waals surface area contributed by atoms with Crippen molar-refractivity contribution in [2.24, 2.45) is 17.3 Å². The fourth-order valence-corrected chi connectivity index (χ4v) is 4.35. The van der Waals surface area contributed by atoms with Crippen LogP contribution in [0.4, 0.5) is 0 Å². The minimum atomic E-state index is -0.152. The fraction of sp³-hybridized carbons (Fsp3) is 0.500. The molecule has 2 aliphatic heterocycles. The summed E-state index contributed by atoms with van der Waals surface area (Å²) in [6.45, 7) is 4.98. The molecule has 2 unspecified atom stereocenters. The third-order valence-electron chi connectivity index (χ3n) is 5.05. The molecule has 110 valence electrons. The average molecular weight is 350 g/mol. The molecule has 2 heterocycles. The predicted molar refractivity (Wildman–Crippen MR) is 79.7 cm³/mol. The summed E-state index contributed by atoms with van der Waals surface area (Å²) in [4.78, 5) is 26.2. The van der Waals surface area contributed by atoms with Crippen molar-refractivity contribution in [3.05, 3.63) is 27.7 Å². The lowest BCUT2D eigenvalue weighted by Crippen LogP contribution is -2.35. The Morgan fingerprint density at radius 3 is 2.62 bits per heavy atom. The molecule has 0 bridgehead atoms. The maximum atomic E-state index is 12.4. The largest absolute Gasteiger partial charge is 0.493 e. The van der Waals surface area contributed by atoms with Crippen molar-refractivity contribution in [1.29, 1.82) is 0 Å². The van der Waals surface area contributed by atoms with E-state index >= 15 is 0 Å². The Labute approximate surface area is 131 Å². The van der Waals surface area contributed by atoms with Gasteiger partial charge in [0.2, 0.25) is 11.8 Å². The second kappa shape index (κ2) is 4.09. The Balaban J connectivity index is 1.64. The molecule has 5 heteroatoms. The first-order valence-corrected chi connectivity index (χ1v) is 8.00. The highest BCUT2D eigenvalue weighted by Gasteiger charge is 2.72. The van der Waals surface area contributed by atoms with Crippen LogP contribution in [0.15, 0.2) is 16.6 Å². The second-order valence-electron chi connectivity index (χ2n) is 6.69. The Morgan fingerprint density at radius 1 is 1.29 bits per heavy atom. The average Bonchev–Trinajstić information content (AvgIpc) is 2.74. The standard InChI is InChI=1S/C16H16BrNO3/c1-16(2)11-12(16)15(20)18(14(11)19)7-9-6-10(17)5-8-3-4-21-13(8)9/h5-6,11-12H,3-4,7H2,1-2H3. The molecule has 0 radical (unpaired) electrons. The molecule has 0 spiro atoms. The molecule has 0 aromatic heterocycles. The van der Waals surface area contributed by atoms with Gasteiger partial charge in [0, 0.05) is 16.5 Å². The highest BCUT2D eigenvalue weighted by Crippen LogP contribution is 2.63. The van der Waals surface area contributed by atoms with Crippen LogP contribution in [0.1, 0.15) is 25.0 Å². The minimum Gasteiger partial charge on any atom is -0.493 e. The van der Waals surface area contributed by atoms with Crippen LogP contribution in [0.3, 0.4) is 0 Å². The van der Waals surface area contributed by atoms with Gasteiger partial charge in [0.15, 0.2) is 0 Å². The van der Waals surface area contributed by atoms with Crippen LogP contribution in [0.5, 0.6) is 5.75 Å². The summed E-state index contributed by atoms with van der Waals surface area (Å²) in [6, 6.07) is 3.99. The van der Waals surface area contributed by atoms with Crippen LogP contribution in [-0.2, 0) is 22.6 Å². The third-order valence-corrected chi connectivity index (χ3v) is 5.50. The SMILES string of the molecule is CC1(C)C2C(=O)N(Cc3cc(Br)cc4c3OCC4)C(=O)C21. The Morgan fingerprint density at radius 2 is 1.95 bits per heavy atom. The highest BCUT2D eigenvalue weighted by molar-refractivity contribution is 9.10. The van der Waals surface area contributed by atoms with E-state index in [1.165, 1.54) is 4.90 Å². The maximum absolute atomic E-state index is 12.4. The van der Waals surface area contributed by atoms with E-state index < -0.39 is 0 Å². The van der Waals surface area contributed by atoms with Crippen molar-refractivity contribution >= 4 is 27.7 Å². The summed E-state index contributed by atoms with van der Waals surface area (Å²) >= 11 is 3.49. The normalized spacial score (nSPS) is 28.4. The fourth-order valence-electron chi connectivity index (χ4n) is 3.79. The minimum absolute atomic E-state index is 0.0262. The van der Waals surface area contributed by atoms with Crippen molar-refractivity contribution in [1.82, 2.24) is 4.90 Å². The quantitative estimate of drug-likeness (QED) is 0.770. The molecular weight excluding hydrogens is 334 g/mol. The number of ether oxygens (including phenoxy) is 1. The number of hydrogen-bond acceptors (Lipinski definition) is 3. The van der Waals surface area contributed by atoms with Crippen molar-refractivity contribution in [2.75, 3.05) is 6.61 Å². The zero-order valence-corrected chi connectivity index (χ0v) is 13.6. The zero-order valence-electron chi connectivity index (χ0n) is 12.0. The van der Waals surface area contributed by atoms with E-state index in [2.05, 4.69) is 15.9 Å². The van der Waals surface area contributed by atoms with Crippen LogP contribution in [-0.4, -0.2) is 23.3 Å². The number of imide groups is 1. The maximum Gasteiger partial charge on any atom is 0.233 e. The molecule has 1 saturated heterocycles. The van der Waals surface area contributed by atoms with Crippen molar-refractivity contribution in [3.8, 4) is 5.75 Å². The summed E-state index contributed by atoms with van der Waals surface area (Å²) in [5.74, 6) is 0.555. The van der Waals surface area contributed by atoms with Gasteiger partial charge in [-0.05, 0) is 23.1 Å². The number of hydrogen-bond donors (Lipinski definition) is 0. The molecule has 1 aromatic rings. The van der Waals surface area contributed by atoms with Gasteiger partial charge >= 0.3 is 0 Å². The van der Waals surface area contributed by atoms with Crippen LogP contribution in [0.25, 0.3) is 0 Å². The van der Waals surface area contributed by atoms with E-state index in [0.29, 0.717) is 13.2 Å². The van der Waals surface area contributed by atoms with Gasteiger partial charge in [0.1, 0.15) is 5.75 Å². The van der Waals surface area contributed by atoms with E-state index in [4.69, 9.17) is 4.74 Å². The first kappa shape index (κ1) is 13.3. The number of carbonyl (C=O) groups excluding carboxylic acids is 2. The van der Waals surface area contributed by atoms with Gasteiger partial charge in [-0.15, -0.1) is 0 Å². The van der Waals surface area contributed by atoms with E-state index in [1.54, 1.807) is 0 Å². The van der Waals surface area contributed by atoms with Gasteiger partial charge < -0.3 is 4.74 Å². The van der Waals surface area contributed by atoms with Crippen molar-refractivity contribution < 1.29 is 14.3 Å². The lowest BCUT2D eigenvalue weighted by Gasteiger charge is -2.21. The number of piperidine rings is 1. The second-order valence-corrected chi connectivity index (χ2v) is 7.61. The van der Waals surface area contributed by atoms with Crippen LogP contribution in [0.2, 0.25) is 0 Å². The summed E-state index contributed by atoms with van der Waals surface area (Å²) in [5.41, 5.74) is 1.90. The van der Waals surface area contributed by atoms with E-state index in [9.17, 15) is 9.59 Å². The van der Waals surface area contributed by atoms with Crippen molar-refractivity contribution in [3.63, 3.8) is 0 Å². The Kier molecular flexibility index (Phi) is 2.60. The van der Waals surface area contributed by atoms with Gasteiger partial charge in [0.25, 0.3) is 0 Å². The molecule has 0 N–H and O–H groups in total. The number of nitrogens with zero attached hydrogens (tertiary/aromatic N) is 1. The molecule has 2 fully saturated rings. The van der Waals surface area contributed by atoms with Gasteiger partial charge in [-0.1, -0.05) is 29.8 Å². The van der Waals surface area contributed by atoms with Crippen LogP contribution >= 0.6 is 15.9 Å². The van der Waals surface area contributed by atoms with E-state index in [0.717, 1.165) is 27.8 Å². The molecule has 2 atom stereocenters. The number of halogens is 1. The Hall–Kier alpha value is -1.36. The van der Waals surface area contributed by atoms with Gasteiger partial charge in [-0.3, -0.25) is 14.5 Å². The predicted octanol–water partition coefficient (Wildman–Crippen LogP) is 2.53. The number of fused-ring (bicyclic) bond motifs is 2. The number of benzene rings is 1. The lowest BCUT2D eigenvalue weighted by atomic mass is 10.0. The number of rotatable bonds is 2. The molecule has 4 rings (SSSR count). The van der Waals surface area contributed by atoms with Crippen LogP contribution < -0.4 is 4.74 Å². The molecule has 21 heavy (non-hydrogen) atoms. The zero-order chi connectivity index (χ0) is 14.9. The van der Waals surface area contributed by atoms with Crippen molar-refractivity contribution in [2.45, 2.75) is 26.8 Å². The van der Waals surface area contributed by atoms with Gasteiger partial charge in [-0.2, -0.15) is 0 Å². The molecule has 2 amide bonds. The lowest BCUT2D eigenvalue weighted by molar-refractivity contribution is -0.143. The highest BCUT2D eigenvalue weighted by atomic mass is 79.9. The number of likely N-dealkylation sites (tertiary alicyclic amines) is 1. The molecule has 1 aliphatic carbocycles. The molecule has 3 aliphatic rings. The van der Waals surface area contributed by atoms with Crippen LogP contribution in [0, 0.1) is 17.3 Å². The van der Waals surface area contributed by atoms with Gasteiger partial charge in [-0.25, -0.2) is 0 Å². The summed E-state index contributed by atoms with van der Waals surface area (Å²) in [7, 11) is 0. The summed E-state index contributed by atoms with van der Waals surface area (Å²) < 4.78 is 6.64. The molecular formula is C16H16BrNO3. The first-order valence-electron chi connectivity index (χ1n) is 7.20. The number of amides is 2. The first-order chi connectivity index (χ1) is 9.91. The smallest absolute Gasteiger partial charge is 0.233 e. The summed E-state index contributed by atoms with van der Waals surface area (Å²) in [6.07, 6.45) is 0.877. The monoisotopic (exact) mass is 349 g/mol. The topological polar surface area (TPSA) is 46.6 Å². The molecule has 1 aromatic carbocycles. The summed E-state index contributed by atoms with van der Waals surface area (Å²) in [5, 5.41) is 0. The molecule has 1 saturated carbocycles. The van der Waals surface area contributed by atoms with Gasteiger partial charge in [0.05, 0.1) is 25.0 Å². The molecule has 4 nitrogen and oxygen atoms in total.